The fourth-order valence-corrected chi connectivity index (χ4v) is 3.06. The molecule has 5 nitrogen and oxygen atoms in total. The lowest BCUT2D eigenvalue weighted by atomic mass is 9.89. The molecule has 0 fully saturated rings. The van der Waals surface area contributed by atoms with Crippen molar-refractivity contribution in [2.45, 2.75) is 32.3 Å². The topological polar surface area (TPSA) is 59.0 Å². The van der Waals surface area contributed by atoms with Gasteiger partial charge in [-0.3, -0.25) is 4.79 Å². The van der Waals surface area contributed by atoms with E-state index in [0.717, 1.165) is 30.0 Å². The molecule has 146 valence electrons. The number of nitrogens with zero attached hydrogens (tertiary/aromatic N) is 1. The van der Waals surface area contributed by atoms with Crippen LogP contribution < -0.4 is 14.4 Å². The molecule has 0 aliphatic heterocycles. The van der Waals surface area contributed by atoms with Crippen molar-refractivity contribution in [2.24, 2.45) is 5.92 Å². The van der Waals surface area contributed by atoms with Crippen molar-refractivity contribution in [3.05, 3.63) is 54.1 Å². The first-order chi connectivity index (χ1) is 13.0. The average molecular weight is 371 g/mol. The van der Waals surface area contributed by atoms with Crippen LogP contribution >= 0.6 is 0 Å². The summed E-state index contributed by atoms with van der Waals surface area (Å²) in [6.07, 6.45) is 1.60. The second-order valence-electron chi connectivity index (χ2n) is 6.56. The summed E-state index contributed by atoms with van der Waals surface area (Å²) >= 11 is 0. The zero-order valence-corrected chi connectivity index (χ0v) is 16.5. The van der Waals surface area contributed by atoms with Gasteiger partial charge < -0.3 is 19.5 Å². The van der Waals surface area contributed by atoms with Crippen LogP contribution in [0.25, 0.3) is 0 Å². The number of aliphatic hydroxyl groups excluding tert-OH is 1. The lowest BCUT2D eigenvalue weighted by Crippen LogP contribution is -2.36. The highest BCUT2D eigenvalue weighted by Crippen LogP contribution is 2.31. The highest BCUT2D eigenvalue weighted by atomic mass is 16.5. The Morgan fingerprint density at radius 3 is 2.00 bits per heavy atom. The minimum Gasteiger partial charge on any atom is -0.497 e. The van der Waals surface area contributed by atoms with Crippen molar-refractivity contribution in [1.29, 1.82) is 0 Å². The van der Waals surface area contributed by atoms with Crippen LogP contribution in [0.5, 0.6) is 11.5 Å². The molecule has 2 aromatic carbocycles. The first-order valence-corrected chi connectivity index (χ1v) is 9.25. The molecule has 0 saturated carbocycles. The highest BCUT2D eigenvalue weighted by Gasteiger charge is 2.30. The first-order valence-electron chi connectivity index (χ1n) is 9.25. The Balaban J connectivity index is 2.22. The standard InChI is InChI=1S/C22H29NO4/c1-5-6-7-20(21(24)16-8-12-18(26-3)13-9-16)22(25)23(2)17-10-14-19(27-4)15-11-17/h8-15,20-21,24H,5-7H2,1-4H3/t20-,21-/m1/s1. The Morgan fingerprint density at radius 1 is 1.00 bits per heavy atom. The predicted octanol–water partition coefficient (Wildman–Crippen LogP) is 4.21. The quantitative estimate of drug-likeness (QED) is 0.717. The molecular weight excluding hydrogens is 342 g/mol. The van der Waals surface area contributed by atoms with Crippen LogP contribution in [-0.4, -0.2) is 32.3 Å². The van der Waals surface area contributed by atoms with Gasteiger partial charge in [-0.1, -0.05) is 31.9 Å². The summed E-state index contributed by atoms with van der Waals surface area (Å²) < 4.78 is 10.3. The van der Waals surface area contributed by atoms with E-state index in [2.05, 4.69) is 6.92 Å². The van der Waals surface area contributed by atoms with Gasteiger partial charge in [-0.2, -0.15) is 0 Å². The lowest BCUT2D eigenvalue weighted by Gasteiger charge is -2.28. The summed E-state index contributed by atoms with van der Waals surface area (Å²) in [5.41, 5.74) is 1.48. The molecule has 0 heterocycles. The van der Waals surface area contributed by atoms with Gasteiger partial charge in [0.15, 0.2) is 0 Å². The summed E-state index contributed by atoms with van der Waals surface area (Å²) in [5.74, 6) is 0.848. The van der Waals surface area contributed by atoms with Gasteiger partial charge in [0, 0.05) is 12.7 Å². The van der Waals surface area contributed by atoms with E-state index in [1.807, 2.05) is 36.4 Å². The number of amides is 1. The number of hydrogen-bond acceptors (Lipinski definition) is 4. The summed E-state index contributed by atoms with van der Waals surface area (Å²) in [5, 5.41) is 10.9. The third kappa shape index (κ3) is 5.23. The van der Waals surface area contributed by atoms with Crippen molar-refractivity contribution in [2.75, 3.05) is 26.2 Å². The van der Waals surface area contributed by atoms with E-state index in [0.29, 0.717) is 12.0 Å². The van der Waals surface area contributed by atoms with Crippen LogP contribution in [0.2, 0.25) is 0 Å². The Labute approximate surface area is 161 Å². The molecule has 0 radical (unpaired) electrons. The molecule has 5 heteroatoms. The van der Waals surface area contributed by atoms with Gasteiger partial charge in [-0.25, -0.2) is 0 Å². The smallest absolute Gasteiger partial charge is 0.232 e. The van der Waals surface area contributed by atoms with Crippen LogP contribution in [0.1, 0.15) is 37.9 Å². The number of rotatable bonds is 9. The Hall–Kier alpha value is -2.53. The third-order valence-electron chi connectivity index (χ3n) is 4.81. The number of ether oxygens (including phenoxy) is 2. The molecule has 27 heavy (non-hydrogen) atoms. The van der Waals surface area contributed by atoms with Crippen LogP contribution in [0.15, 0.2) is 48.5 Å². The molecule has 0 bridgehead atoms. The molecule has 1 N–H and O–H groups in total. The summed E-state index contributed by atoms with van der Waals surface area (Å²) in [6, 6.07) is 14.5. The SMILES string of the molecule is CCCC[C@@H](C(=O)N(C)c1ccc(OC)cc1)[C@H](O)c1ccc(OC)cc1. The number of carbonyl (C=O) groups excluding carboxylic acids is 1. The maximum Gasteiger partial charge on any atom is 0.232 e. The van der Waals surface area contributed by atoms with Crippen LogP contribution in [0.3, 0.4) is 0 Å². The molecular formula is C22H29NO4. The Morgan fingerprint density at radius 2 is 1.52 bits per heavy atom. The van der Waals surface area contributed by atoms with Gasteiger partial charge >= 0.3 is 0 Å². The number of carbonyl (C=O) groups is 1. The fraction of sp³-hybridized carbons (Fsp3) is 0.409. The zero-order chi connectivity index (χ0) is 19.8. The van der Waals surface area contributed by atoms with Gasteiger partial charge in [-0.15, -0.1) is 0 Å². The maximum absolute atomic E-state index is 13.2. The second-order valence-corrected chi connectivity index (χ2v) is 6.56. The van der Waals surface area contributed by atoms with Crippen molar-refractivity contribution in [1.82, 2.24) is 0 Å². The molecule has 0 spiro atoms. The van der Waals surface area contributed by atoms with E-state index in [-0.39, 0.29) is 5.91 Å². The summed E-state index contributed by atoms with van der Waals surface area (Å²) in [4.78, 5) is 14.8. The van der Waals surface area contributed by atoms with E-state index in [1.54, 1.807) is 38.3 Å². The van der Waals surface area contributed by atoms with E-state index in [9.17, 15) is 9.90 Å². The maximum atomic E-state index is 13.2. The number of hydrogen-bond donors (Lipinski definition) is 1. The van der Waals surface area contributed by atoms with Crippen LogP contribution in [-0.2, 0) is 4.79 Å². The second kappa shape index (κ2) is 9.97. The normalized spacial score (nSPS) is 12.9. The summed E-state index contributed by atoms with van der Waals surface area (Å²) in [7, 11) is 4.95. The zero-order valence-electron chi connectivity index (χ0n) is 16.5. The first kappa shape index (κ1) is 20.8. The van der Waals surface area contributed by atoms with E-state index in [4.69, 9.17) is 9.47 Å². The fourth-order valence-electron chi connectivity index (χ4n) is 3.06. The predicted molar refractivity (Wildman–Crippen MR) is 107 cm³/mol. The van der Waals surface area contributed by atoms with E-state index >= 15 is 0 Å². The van der Waals surface area contributed by atoms with Crippen LogP contribution in [0.4, 0.5) is 5.69 Å². The van der Waals surface area contributed by atoms with E-state index in [1.165, 1.54) is 0 Å². The monoisotopic (exact) mass is 371 g/mol. The number of benzene rings is 2. The van der Waals surface area contributed by atoms with E-state index < -0.39 is 12.0 Å². The molecule has 1 amide bonds. The minimum absolute atomic E-state index is 0.100. The van der Waals surface area contributed by atoms with Crippen molar-refractivity contribution in [3.63, 3.8) is 0 Å². The van der Waals surface area contributed by atoms with Gasteiger partial charge in [0.1, 0.15) is 11.5 Å². The number of unbranched alkanes of at least 4 members (excludes halogenated alkanes) is 1. The van der Waals surface area contributed by atoms with Gasteiger partial charge in [0.2, 0.25) is 5.91 Å². The van der Waals surface area contributed by atoms with Crippen LogP contribution in [0, 0.1) is 5.92 Å². The van der Waals surface area contributed by atoms with Crippen molar-refractivity contribution in [3.8, 4) is 11.5 Å². The summed E-state index contributed by atoms with van der Waals surface area (Å²) in [6.45, 7) is 2.08. The molecule has 2 aromatic rings. The molecule has 0 aromatic heterocycles. The minimum atomic E-state index is -0.865. The Bertz CT molecular complexity index is 712. The van der Waals surface area contributed by atoms with Gasteiger partial charge in [0.25, 0.3) is 0 Å². The molecule has 0 saturated heterocycles. The highest BCUT2D eigenvalue weighted by molar-refractivity contribution is 5.95. The lowest BCUT2D eigenvalue weighted by molar-refractivity contribution is -0.126. The van der Waals surface area contributed by atoms with Gasteiger partial charge in [-0.05, 0) is 48.4 Å². The third-order valence-corrected chi connectivity index (χ3v) is 4.81. The van der Waals surface area contributed by atoms with Crippen molar-refractivity contribution >= 4 is 11.6 Å². The molecule has 2 atom stereocenters. The largest absolute Gasteiger partial charge is 0.497 e. The molecule has 0 aliphatic rings. The molecule has 0 unspecified atom stereocenters. The molecule has 0 aliphatic carbocycles. The van der Waals surface area contributed by atoms with Gasteiger partial charge in [0.05, 0.1) is 26.2 Å². The van der Waals surface area contributed by atoms with Crippen molar-refractivity contribution < 1.29 is 19.4 Å². The number of anilines is 1. The Kier molecular flexibility index (Phi) is 7.67. The molecule has 2 rings (SSSR count). The number of methoxy groups -OCH3 is 2. The number of aliphatic hydroxyl groups is 1. The average Bonchev–Trinajstić information content (AvgIpc) is 2.73.